The third-order valence-corrected chi connectivity index (χ3v) is 5.02. The Morgan fingerprint density at radius 2 is 1.87 bits per heavy atom. The molecule has 1 atom stereocenters. The molecule has 2 saturated heterocycles. The van der Waals surface area contributed by atoms with Gasteiger partial charge in [0.05, 0.1) is 0 Å². The van der Waals surface area contributed by atoms with Gasteiger partial charge in [0.25, 0.3) is 0 Å². The number of hydrogen-bond donors (Lipinski definition) is 1. The first-order valence-corrected chi connectivity index (χ1v) is 9.09. The summed E-state index contributed by atoms with van der Waals surface area (Å²) in [5.41, 5.74) is 2.42. The summed E-state index contributed by atoms with van der Waals surface area (Å²) >= 11 is 0. The number of likely N-dealkylation sites (tertiary alicyclic amines) is 1. The van der Waals surface area contributed by atoms with Crippen molar-refractivity contribution in [1.82, 2.24) is 4.90 Å². The van der Waals surface area contributed by atoms with Gasteiger partial charge in [-0.1, -0.05) is 6.92 Å². The van der Waals surface area contributed by atoms with Crippen LogP contribution in [0.3, 0.4) is 0 Å². The Kier molecular flexibility index (Phi) is 5.42. The molecule has 0 radical (unpaired) electrons. The zero-order chi connectivity index (χ0) is 16.1. The van der Waals surface area contributed by atoms with Crippen LogP contribution in [-0.4, -0.2) is 43.5 Å². The van der Waals surface area contributed by atoms with Crippen LogP contribution in [0.2, 0.25) is 0 Å². The quantitative estimate of drug-likeness (QED) is 0.905. The van der Waals surface area contributed by atoms with Gasteiger partial charge in [-0.05, 0) is 55.9 Å². The molecular weight excluding hydrogens is 286 g/mol. The van der Waals surface area contributed by atoms with Gasteiger partial charge in [-0.2, -0.15) is 0 Å². The Labute approximate surface area is 139 Å². The zero-order valence-corrected chi connectivity index (χ0v) is 14.3. The van der Waals surface area contributed by atoms with Crippen LogP contribution in [0.15, 0.2) is 24.3 Å². The second-order valence-electron chi connectivity index (χ2n) is 7.00. The molecule has 1 amide bonds. The van der Waals surface area contributed by atoms with Gasteiger partial charge >= 0.3 is 0 Å². The molecule has 23 heavy (non-hydrogen) atoms. The number of carbonyl (C=O) groups is 1. The number of nitrogens with one attached hydrogen (secondary N) is 1. The zero-order valence-electron chi connectivity index (χ0n) is 14.3. The maximum atomic E-state index is 12.2. The van der Waals surface area contributed by atoms with E-state index in [1.165, 1.54) is 38.0 Å². The van der Waals surface area contributed by atoms with Crippen molar-refractivity contribution < 1.29 is 4.79 Å². The predicted octanol–water partition coefficient (Wildman–Crippen LogP) is 3.35. The van der Waals surface area contributed by atoms with E-state index in [2.05, 4.69) is 41.4 Å². The molecule has 4 nitrogen and oxygen atoms in total. The molecule has 0 aliphatic carbocycles. The van der Waals surface area contributed by atoms with Gasteiger partial charge in [-0.15, -0.1) is 0 Å². The average Bonchev–Trinajstić information content (AvgIpc) is 3.10. The molecule has 1 N–H and O–H groups in total. The SMILES string of the molecule is CC1CCCN(C(=O)CCNc2ccc(N3CCCC3)cc2)C1. The first kappa shape index (κ1) is 16.2. The van der Waals surface area contributed by atoms with Gasteiger partial charge in [-0.25, -0.2) is 0 Å². The summed E-state index contributed by atoms with van der Waals surface area (Å²) in [6.07, 6.45) is 5.60. The molecule has 2 fully saturated rings. The molecule has 0 bridgehead atoms. The Bertz CT molecular complexity index is 508. The summed E-state index contributed by atoms with van der Waals surface area (Å²) < 4.78 is 0. The highest BCUT2D eigenvalue weighted by molar-refractivity contribution is 5.76. The van der Waals surface area contributed by atoms with Crippen molar-refractivity contribution in [3.8, 4) is 0 Å². The van der Waals surface area contributed by atoms with Crippen LogP contribution in [0.1, 0.15) is 39.0 Å². The summed E-state index contributed by atoms with van der Waals surface area (Å²) in [5.74, 6) is 0.941. The number of rotatable bonds is 5. The summed E-state index contributed by atoms with van der Waals surface area (Å²) in [5, 5.41) is 3.38. The Hall–Kier alpha value is -1.71. The smallest absolute Gasteiger partial charge is 0.224 e. The first-order valence-electron chi connectivity index (χ1n) is 9.09. The topological polar surface area (TPSA) is 35.6 Å². The standard InChI is InChI=1S/C19H29N3O/c1-16-5-4-14-22(15-16)19(23)10-11-20-17-6-8-18(9-7-17)21-12-2-3-13-21/h6-9,16,20H,2-5,10-15H2,1H3. The highest BCUT2D eigenvalue weighted by Crippen LogP contribution is 2.22. The number of anilines is 2. The van der Waals surface area contributed by atoms with E-state index in [9.17, 15) is 4.79 Å². The van der Waals surface area contributed by atoms with Crippen LogP contribution in [-0.2, 0) is 4.79 Å². The predicted molar refractivity (Wildman–Crippen MR) is 96.0 cm³/mol. The van der Waals surface area contributed by atoms with E-state index in [0.717, 1.165) is 25.2 Å². The van der Waals surface area contributed by atoms with E-state index < -0.39 is 0 Å². The molecule has 2 aliphatic heterocycles. The van der Waals surface area contributed by atoms with Crippen LogP contribution < -0.4 is 10.2 Å². The molecule has 0 aromatic heterocycles. The third-order valence-electron chi connectivity index (χ3n) is 5.02. The van der Waals surface area contributed by atoms with E-state index in [4.69, 9.17) is 0 Å². The minimum absolute atomic E-state index is 0.290. The highest BCUT2D eigenvalue weighted by atomic mass is 16.2. The normalized spacial score (nSPS) is 21.5. The fourth-order valence-electron chi connectivity index (χ4n) is 3.65. The van der Waals surface area contributed by atoms with E-state index in [1.807, 2.05) is 4.90 Å². The Morgan fingerprint density at radius 3 is 2.57 bits per heavy atom. The number of amides is 1. The van der Waals surface area contributed by atoms with Gasteiger partial charge in [0.2, 0.25) is 5.91 Å². The van der Waals surface area contributed by atoms with Gasteiger partial charge in [0.1, 0.15) is 0 Å². The number of hydrogen-bond acceptors (Lipinski definition) is 3. The van der Waals surface area contributed by atoms with Crippen LogP contribution in [0.25, 0.3) is 0 Å². The maximum Gasteiger partial charge on any atom is 0.224 e. The third kappa shape index (κ3) is 4.40. The van der Waals surface area contributed by atoms with Gasteiger partial charge in [0.15, 0.2) is 0 Å². The molecule has 0 spiro atoms. The molecule has 2 heterocycles. The molecule has 4 heteroatoms. The summed E-state index contributed by atoms with van der Waals surface area (Å²) in [6.45, 7) is 7.18. The fourth-order valence-corrected chi connectivity index (χ4v) is 3.65. The van der Waals surface area contributed by atoms with E-state index in [-0.39, 0.29) is 5.91 Å². The minimum atomic E-state index is 0.290. The average molecular weight is 315 g/mol. The Balaban J connectivity index is 1.42. The van der Waals surface area contributed by atoms with Crippen LogP contribution in [0, 0.1) is 5.92 Å². The van der Waals surface area contributed by atoms with E-state index in [1.54, 1.807) is 0 Å². The lowest BCUT2D eigenvalue weighted by atomic mass is 10.00. The summed E-state index contributed by atoms with van der Waals surface area (Å²) in [6, 6.07) is 8.62. The number of benzene rings is 1. The van der Waals surface area contributed by atoms with Crippen LogP contribution in [0.5, 0.6) is 0 Å². The number of carbonyl (C=O) groups excluding carboxylic acids is 1. The van der Waals surface area contributed by atoms with Crippen molar-refractivity contribution in [2.75, 3.05) is 42.9 Å². The Morgan fingerprint density at radius 1 is 1.13 bits per heavy atom. The van der Waals surface area contributed by atoms with Crippen molar-refractivity contribution in [3.63, 3.8) is 0 Å². The maximum absolute atomic E-state index is 12.2. The molecular formula is C19H29N3O. The molecule has 126 valence electrons. The minimum Gasteiger partial charge on any atom is -0.385 e. The van der Waals surface area contributed by atoms with Crippen molar-refractivity contribution in [2.24, 2.45) is 5.92 Å². The number of nitrogens with zero attached hydrogens (tertiary/aromatic N) is 2. The molecule has 1 aromatic carbocycles. The van der Waals surface area contributed by atoms with Crippen molar-refractivity contribution in [1.29, 1.82) is 0 Å². The molecule has 1 unspecified atom stereocenters. The molecule has 2 aliphatic rings. The van der Waals surface area contributed by atoms with Gasteiger partial charge < -0.3 is 15.1 Å². The number of piperidine rings is 1. The van der Waals surface area contributed by atoms with E-state index in [0.29, 0.717) is 18.9 Å². The van der Waals surface area contributed by atoms with Gasteiger partial charge in [-0.3, -0.25) is 4.79 Å². The largest absolute Gasteiger partial charge is 0.385 e. The van der Waals surface area contributed by atoms with E-state index >= 15 is 0 Å². The lowest BCUT2D eigenvalue weighted by molar-refractivity contribution is -0.132. The lowest BCUT2D eigenvalue weighted by Crippen LogP contribution is -2.39. The second-order valence-corrected chi connectivity index (χ2v) is 7.00. The summed E-state index contributed by atoms with van der Waals surface area (Å²) in [7, 11) is 0. The van der Waals surface area contributed by atoms with Crippen molar-refractivity contribution >= 4 is 17.3 Å². The second kappa shape index (κ2) is 7.71. The monoisotopic (exact) mass is 315 g/mol. The highest BCUT2D eigenvalue weighted by Gasteiger charge is 2.20. The van der Waals surface area contributed by atoms with Crippen LogP contribution in [0.4, 0.5) is 11.4 Å². The van der Waals surface area contributed by atoms with Gasteiger partial charge in [0, 0.05) is 50.5 Å². The summed E-state index contributed by atoms with van der Waals surface area (Å²) in [4.78, 5) is 16.7. The molecule has 0 saturated carbocycles. The lowest BCUT2D eigenvalue weighted by Gasteiger charge is -2.31. The van der Waals surface area contributed by atoms with Crippen LogP contribution >= 0.6 is 0 Å². The fraction of sp³-hybridized carbons (Fsp3) is 0.632. The van der Waals surface area contributed by atoms with Crippen molar-refractivity contribution in [3.05, 3.63) is 24.3 Å². The van der Waals surface area contributed by atoms with Crippen molar-refractivity contribution in [2.45, 2.75) is 39.0 Å². The molecule has 3 rings (SSSR count). The molecule has 1 aromatic rings. The first-order chi connectivity index (χ1) is 11.2.